The third-order valence-corrected chi connectivity index (χ3v) is 21.2. The Morgan fingerprint density at radius 3 is 1.54 bits per heavy atom. The van der Waals surface area contributed by atoms with Crippen LogP contribution in [0.5, 0.6) is 5.75 Å². The number of phenols is 1. The van der Waals surface area contributed by atoms with Crippen molar-refractivity contribution in [1.82, 2.24) is 73.1 Å². The van der Waals surface area contributed by atoms with Gasteiger partial charge < -0.3 is 99.4 Å². The molecule has 7 aromatic rings. The first kappa shape index (κ1) is 90.5. The largest absolute Gasteiger partial charge is 0.508 e. The molecule has 6 aromatic carbocycles. The number of amides is 11. The van der Waals surface area contributed by atoms with E-state index in [1.807, 2.05) is 68.4 Å². The lowest BCUT2D eigenvalue weighted by Gasteiger charge is -2.42. The number of nitrogens with one attached hydrogen (secondary N) is 10. The molecular formula is C87H110N16O17. The number of ether oxygens (including phenoxy) is 2. The monoisotopic (exact) mass is 1650 g/mol. The van der Waals surface area contributed by atoms with Crippen LogP contribution in [-0.2, 0) is 107 Å². The number of aliphatic hydroxyl groups excluding tert-OH is 3. The van der Waals surface area contributed by atoms with Gasteiger partial charge in [0.15, 0.2) is 6.29 Å². The molecule has 3 aliphatic heterocycles. The number of primary amides is 1. The highest BCUT2D eigenvalue weighted by molar-refractivity contribution is 6.01. The summed E-state index contributed by atoms with van der Waals surface area (Å²) in [5, 5.41) is 79.6. The SMILES string of the molecule is CC(C)C[C@@H]1NC(=O)[C@H](CCCN)NC(=O)[C@H](C(C)C)NC(=O)[C@H](Cc2ccc(O)cc2)NC(=O)[C@H](Cc2cn(CCO[C@@H]3O[C@H](CO)[C@H](O)[C@H](O)[C@H]3NCc3ccc(-c4ccccc4)cc3)nn2)NC(=O)[C@H](CC(N)=O)NC(=O)[C@@H](Cc2ccccc2)NC(=O)[C@H](Cc2ccccc2)NC(=O)[C@@H]2CCCN2C(=O)[C@@H](Cc2ccccc2)NC1=O. The van der Waals surface area contributed by atoms with Crippen LogP contribution in [0.3, 0.4) is 0 Å². The van der Waals surface area contributed by atoms with Crippen molar-refractivity contribution in [2.45, 2.75) is 202 Å². The summed E-state index contributed by atoms with van der Waals surface area (Å²) in [7, 11) is 0. The van der Waals surface area contributed by atoms with Gasteiger partial charge in [0, 0.05) is 51.4 Å². The molecule has 1 aromatic heterocycles. The summed E-state index contributed by atoms with van der Waals surface area (Å²) in [4.78, 5) is 166. The molecule has 0 bridgehead atoms. The zero-order valence-corrected chi connectivity index (χ0v) is 67.6. The molecule has 33 nitrogen and oxygen atoms in total. The van der Waals surface area contributed by atoms with Crippen molar-refractivity contribution in [3.05, 3.63) is 210 Å². The number of hydrogen-bond acceptors (Lipinski definition) is 21. The quantitative estimate of drug-likeness (QED) is 0.0333. The van der Waals surface area contributed by atoms with E-state index in [1.54, 1.807) is 105 Å². The molecule has 0 unspecified atom stereocenters. The Bertz CT molecular complexity index is 4570. The predicted octanol–water partition coefficient (Wildman–Crippen LogP) is 0.462. The molecule has 15 atom stereocenters. The summed E-state index contributed by atoms with van der Waals surface area (Å²) in [5.41, 5.74) is 16.8. The maximum atomic E-state index is 15.5. The summed E-state index contributed by atoms with van der Waals surface area (Å²) >= 11 is 0. The van der Waals surface area contributed by atoms with E-state index in [2.05, 4.69) is 63.5 Å². The number of aliphatic hydroxyl groups is 3. The van der Waals surface area contributed by atoms with Crippen LogP contribution < -0.4 is 64.6 Å². The van der Waals surface area contributed by atoms with E-state index < -0.39 is 181 Å². The van der Waals surface area contributed by atoms with E-state index in [0.29, 0.717) is 28.7 Å². The van der Waals surface area contributed by atoms with E-state index in [4.69, 9.17) is 20.9 Å². The number of carbonyl (C=O) groups excluding carboxylic acids is 11. The average Bonchev–Trinajstić information content (AvgIpc) is 0.993. The number of aromatic hydroxyl groups is 1. The van der Waals surface area contributed by atoms with E-state index >= 15 is 33.6 Å². The van der Waals surface area contributed by atoms with Crippen LogP contribution in [0.4, 0.5) is 0 Å². The van der Waals surface area contributed by atoms with Gasteiger partial charge in [0.2, 0.25) is 65.0 Å². The van der Waals surface area contributed by atoms with E-state index in [1.165, 1.54) is 40.0 Å². The fraction of sp³-hybridized carbons (Fsp3) is 0.437. The normalized spacial score (nSPS) is 25.0. The first-order valence-corrected chi connectivity index (χ1v) is 40.6. The van der Waals surface area contributed by atoms with Gasteiger partial charge in [0.05, 0.1) is 37.9 Å². The van der Waals surface area contributed by atoms with Gasteiger partial charge >= 0.3 is 0 Å². The first-order chi connectivity index (χ1) is 57.7. The molecule has 0 saturated carbocycles. The van der Waals surface area contributed by atoms with Crippen molar-refractivity contribution in [3.8, 4) is 16.9 Å². The maximum absolute atomic E-state index is 15.5. The highest BCUT2D eigenvalue weighted by Crippen LogP contribution is 2.26. The lowest BCUT2D eigenvalue weighted by molar-refractivity contribution is -0.271. The maximum Gasteiger partial charge on any atom is 0.246 e. The molecule has 640 valence electrons. The van der Waals surface area contributed by atoms with Crippen molar-refractivity contribution in [2.75, 3.05) is 26.3 Å². The minimum absolute atomic E-state index is 0.0245. The van der Waals surface area contributed by atoms with E-state index in [-0.39, 0.29) is 102 Å². The second-order valence-corrected chi connectivity index (χ2v) is 31.3. The Hall–Kier alpha value is -11.9. The van der Waals surface area contributed by atoms with Crippen molar-refractivity contribution in [1.29, 1.82) is 0 Å². The number of carbonyl (C=O) groups is 11. The highest BCUT2D eigenvalue weighted by Gasteiger charge is 2.46. The van der Waals surface area contributed by atoms with Crippen LogP contribution in [0, 0.1) is 11.8 Å². The van der Waals surface area contributed by atoms with Gasteiger partial charge in [-0.2, -0.15) is 0 Å². The number of phenolic OH excluding ortho intramolecular Hbond substituents is 1. The van der Waals surface area contributed by atoms with Crippen LogP contribution >= 0.6 is 0 Å². The molecular weight excluding hydrogens is 1540 g/mol. The van der Waals surface area contributed by atoms with Gasteiger partial charge in [-0.1, -0.05) is 191 Å². The number of aromatic nitrogens is 3. The Balaban J connectivity index is 0.992. The molecule has 120 heavy (non-hydrogen) atoms. The number of fused-ring (bicyclic) bond motifs is 1. The minimum atomic E-state index is -1.92. The van der Waals surface area contributed by atoms with Gasteiger partial charge in [-0.05, 0) is 102 Å². The van der Waals surface area contributed by atoms with Gasteiger partial charge in [-0.15, -0.1) is 5.10 Å². The summed E-state index contributed by atoms with van der Waals surface area (Å²) in [6.07, 6.45) is -5.66. The smallest absolute Gasteiger partial charge is 0.246 e. The Morgan fingerprint density at radius 1 is 0.542 bits per heavy atom. The number of nitrogens with two attached hydrogens (primary N) is 2. The van der Waals surface area contributed by atoms with Crippen LogP contribution in [-0.4, -0.2) is 223 Å². The standard InChI is InChI=1S/C87H110N16O17/c1-51(2)41-63-78(110)98-69(45-55-23-13-7-14-24-55)86(118)103-38-18-28-70(103)84(116)97-65(43-54-21-11-6-12-22-54)80(112)93-64(42-53-19-9-5-10-20-53)79(111)96-68(47-72(89)106)82(114)95-67(81(113)94-66(44-56-31-35-61(105)36-32-56)83(115)99-73(52(3)4)85(117)91-62(27-17-37-88)77(109)92-63)46-60-49-102(101-100-60)39-40-119-87-74(76(108)75(107)71(50-104)120-87)90-48-57-29-33-59(34-30-57)58-25-15-8-16-26-58/h5-16,19-26,29-36,49,51-52,62-71,73-76,87,90,104-105,107-108H,17-18,27-28,37-48,50,88H2,1-4H3,(H2,89,106)(H,91,117)(H,92,109)(H,93,112)(H,94,113)(H,95,114)(H,96,111)(H,97,116)(H,98,110)(H,99,115)/t62-,63-,64+,65-,66-,67-,68-,69+,70-,71+,73-,74+,75-,76+,87+/m0/s1. The summed E-state index contributed by atoms with van der Waals surface area (Å²) < 4.78 is 13.5. The van der Waals surface area contributed by atoms with Crippen molar-refractivity contribution in [3.63, 3.8) is 0 Å². The Kier molecular flexibility index (Phi) is 33.4. The summed E-state index contributed by atoms with van der Waals surface area (Å²) in [6.45, 7) is 6.28. The Morgan fingerprint density at radius 2 is 1.00 bits per heavy atom. The van der Waals surface area contributed by atoms with Crippen LogP contribution in [0.1, 0.15) is 99.7 Å². The summed E-state index contributed by atoms with van der Waals surface area (Å²) in [5.74, 6) is -11.2. The second-order valence-electron chi connectivity index (χ2n) is 31.3. The fourth-order valence-corrected chi connectivity index (χ4v) is 14.7. The Labute approximate surface area is 696 Å². The van der Waals surface area contributed by atoms with Crippen molar-refractivity contribution in [2.24, 2.45) is 23.3 Å². The third-order valence-electron chi connectivity index (χ3n) is 21.2. The number of benzene rings is 6. The van der Waals surface area contributed by atoms with Crippen LogP contribution in [0.15, 0.2) is 176 Å². The lowest BCUT2D eigenvalue weighted by atomic mass is 9.96. The summed E-state index contributed by atoms with van der Waals surface area (Å²) in [6, 6.07) is 32.9. The molecule has 3 saturated heterocycles. The third kappa shape index (κ3) is 26.1. The first-order valence-electron chi connectivity index (χ1n) is 40.6. The molecule has 11 amide bonds. The van der Waals surface area contributed by atoms with Gasteiger partial charge in [0.1, 0.15) is 84.5 Å². The molecule has 33 heteroatoms. The van der Waals surface area contributed by atoms with Crippen LogP contribution in [0.25, 0.3) is 11.1 Å². The second kappa shape index (κ2) is 44.3. The lowest BCUT2D eigenvalue weighted by Crippen LogP contribution is -2.63. The van der Waals surface area contributed by atoms with E-state index in [9.17, 15) is 39.6 Å². The van der Waals surface area contributed by atoms with Crippen LogP contribution in [0.2, 0.25) is 0 Å². The molecule has 18 N–H and O–H groups in total. The molecule has 0 spiro atoms. The fourth-order valence-electron chi connectivity index (χ4n) is 14.7. The van der Waals surface area contributed by atoms with E-state index in [0.717, 1.165) is 16.7 Å². The molecule has 10 rings (SSSR count). The number of rotatable bonds is 27. The van der Waals surface area contributed by atoms with Gasteiger partial charge in [0.25, 0.3) is 0 Å². The molecule has 0 aliphatic carbocycles. The number of hydrogen-bond donors (Lipinski definition) is 16. The zero-order valence-electron chi connectivity index (χ0n) is 67.6. The van der Waals surface area contributed by atoms with Crippen molar-refractivity contribution >= 4 is 65.0 Å². The topological polar surface area (TPSA) is 493 Å². The molecule has 4 heterocycles. The molecule has 3 fully saturated rings. The highest BCUT2D eigenvalue weighted by atomic mass is 16.7. The molecule has 0 radical (unpaired) electrons. The number of nitrogens with zero attached hydrogens (tertiary/aromatic N) is 4. The average molecular weight is 1650 g/mol. The predicted molar refractivity (Wildman–Crippen MR) is 441 cm³/mol. The van der Waals surface area contributed by atoms with Gasteiger partial charge in [-0.3, -0.25) is 52.7 Å². The molecule has 3 aliphatic rings. The van der Waals surface area contributed by atoms with Gasteiger partial charge in [-0.25, -0.2) is 4.68 Å². The van der Waals surface area contributed by atoms with Crippen molar-refractivity contribution < 1.29 is 82.6 Å². The minimum Gasteiger partial charge on any atom is -0.508 e. The zero-order chi connectivity index (χ0) is 85.9.